The minimum Gasteiger partial charge on any atom is -0.481 e. The van der Waals surface area contributed by atoms with E-state index >= 15 is 0 Å². The molecule has 18 heavy (non-hydrogen) atoms. The second kappa shape index (κ2) is 5.25. The maximum Gasteiger partial charge on any atom is 0.303 e. The third kappa shape index (κ3) is 3.12. The van der Waals surface area contributed by atoms with Gasteiger partial charge in [0, 0.05) is 24.7 Å². The molecule has 0 aliphatic heterocycles. The lowest BCUT2D eigenvalue weighted by Crippen LogP contribution is -2.34. The predicted molar refractivity (Wildman–Crippen MR) is 66.5 cm³/mol. The van der Waals surface area contributed by atoms with Crippen LogP contribution in [-0.4, -0.2) is 27.6 Å². The summed E-state index contributed by atoms with van der Waals surface area (Å²) < 4.78 is 2.00. The summed E-state index contributed by atoms with van der Waals surface area (Å²) in [6, 6.07) is 4.01. The van der Waals surface area contributed by atoms with Crippen molar-refractivity contribution in [1.29, 1.82) is 0 Å². The van der Waals surface area contributed by atoms with Crippen LogP contribution in [0.25, 0.3) is 0 Å². The largest absolute Gasteiger partial charge is 0.481 e. The lowest BCUT2D eigenvalue weighted by Gasteiger charge is -2.14. The van der Waals surface area contributed by atoms with Gasteiger partial charge in [0.1, 0.15) is 5.69 Å². The minimum absolute atomic E-state index is 0.0745. The molecule has 1 saturated carbocycles. The van der Waals surface area contributed by atoms with Crippen molar-refractivity contribution in [2.75, 3.05) is 0 Å². The number of amides is 1. The van der Waals surface area contributed by atoms with Gasteiger partial charge in [0.05, 0.1) is 0 Å². The third-order valence-corrected chi connectivity index (χ3v) is 3.12. The zero-order valence-corrected chi connectivity index (χ0v) is 10.4. The van der Waals surface area contributed by atoms with Crippen LogP contribution in [0, 0.1) is 0 Å². The lowest BCUT2D eigenvalue weighted by molar-refractivity contribution is -0.137. The molecule has 0 spiro atoms. The number of carboxylic acid groups (broad SMARTS) is 1. The monoisotopic (exact) mass is 250 g/mol. The van der Waals surface area contributed by atoms with E-state index in [-0.39, 0.29) is 18.4 Å². The highest BCUT2D eigenvalue weighted by molar-refractivity contribution is 5.93. The molecule has 1 heterocycles. The first-order chi connectivity index (χ1) is 8.58. The number of hydrogen-bond acceptors (Lipinski definition) is 2. The number of rotatable bonds is 6. The summed E-state index contributed by atoms with van der Waals surface area (Å²) in [5.41, 5.74) is 0.666. The number of hydrogen-bond donors (Lipinski definition) is 2. The highest BCUT2D eigenvalue weighted by Crippen LogP contribution is 2.35. The van der Waals surface area contributed by atoms with Gasteiger partial charge < -0.3 is 15.0 Å². The molecule has 1 amide bonds. The Balaban J connectivity index is 1.90. The van der Waals surface area contributed by atoms with E-state index in [1.807, 2.05) is 23.8 Å². The van der Waals surface area contributed by atoms with E-state index in [0.29, 0.717) is 18.2 Å². The van der Waals surface area contributed by atoms with E-state index in [1.54, 1.807) is 6.07 Å². The van der Waals surface area contributed by atoms with Crippen LogP contribution in [0.3, 0.4) is 0 Å². The van der Waals surface area contributed by atoms with Crippen molar-refractivity contribution in [2.24, 2.45) is 0 Å². The van der Waals surface area contributed by atoms with Gasteiger partial charge in [-0.2, -0.15) is 0 Å². The fourth-order valence-electron chi connectivity index (χ4n) is 1.97. The van der Waals surface area contributed by atoms with Crippen molar-refractivity contribution in [3.05, 3.63) is 24.0 Å². The van der Waals surface area contributed by atoms with Crippen molar-refractivity contribution in [1.82, 2.24) is 9.88 Å². The van der Waals surface area contributed by atoms with E-state index in [1.165, 1.54) is 0 Å². The Labute approximate surface area is 106 Å². The van der Waals surface area contributed by atoms with Crippen LogP contribution in [0.4, 0.5) is 0 Å². The Hall–Kier alpha value is -1.78. The normalized spacial score (nSPS) is 16.3. The Morgan fingerprint density at radius 1 is 1.56 bits per heavy atom. The third-order valence-electron chi connectivity index (χ3n) is 3.12. The lowest BCUT2D eigenvalue weighted by atomic mass is 10.2. The minimum atomic E-state index is -0.836. The fraction of sp³-hybridized carbons (Fsp3) is 0.538. The summed E-state index contributed by atoms with van der Waals surface area (Å²) in [7, 11) is 0. The number of carboxylic acids is 1. The van der Waals surface area contributed by atoms with Gasteiger partial charge in [0.25, 0.3) is 5.91 Å². The molecule has 0 aromatic carbocycles. The fourth-order valence-corrected chi connectivity index (χ4v) is 1.97. The Morgan fingerprint density at radius 2 is 2.28 bits per heavy atom. The molecule has 1 unspecified atom stereocenters. The number of nitrogens with zero attached hydrogens (tertiary/aromatic N) is 1. The van der Waals surface area contributed by atoms with Gasteiger partial charge in [-0.25, -0.2) is 0 Å². The molecule has 98 valence electrons. The Bertz CT molecular complexity index is 449. The van der Waals surface area contributed by atoms with Crippen molar-refractivity contribution < 1.29 is 14.7 Å². The smallest absolute Gasteiger partial charge is 0.303 e. The highest BCUT2D eigenvalue weighted by atomic mass is 16.4. The summed E-state index contributed by atoms with van der Waals surface area (Å²) in [5.74, 6) is -0.956. The predicted octanol–water partition coefficient (Wildman–Crippen LogP) is 1.81. The molecule has 1 fully saturated rings. The molecule has 1 aliphatic carbocycles. The van der Waals surface area contributed by atoms with E-state index in [2.05, 4.69) is 5.32 Å². The van der Waals surface area contributed by atoms with Gasteiger partial charge in [-0.1, -0.05) is 0 Å². The van der Waals surface area contributed by atoms with Crippen LogP contribution >= 0.6 is 0 Å². The quantitative estimate of drug-likeness (QED) is 0.808. The first-order valence-electron chi connectivity index (χ1n) is 6.27. The highest BCUT2D eigenvalue weighted by Gasteiger charge is 2.26. The van der Waals surface area contributed by atoms with Gasteiger partial charge in [-0.3, -0.25) is 9.59 Å². The average Bonchev–Trinajstić information content (AvgIpc) is 3.04. The molecular formula is C13H18N2O3. The maximum absolute atomic E-state index is 12.0. The van der Waals surface area contributed by atoms with Crippen LogP contribution in [0.5, 0.6) is 0 Å². The average molecular weight is 250 g/mol. The number of nitrogens with one attached hydrogen (secondary N) is 1. The van der Waals surface area contributed by atoms with Crippen LogP contribution in [0.2, 0.25) is 0 Å². The zero-order chi connectivity index (χ0) is 13.1. The maximum atomic E-state index is 12.0. The van der Waals surface area contributed by atoms with Crippen LogP contribution < -0.4 is 5.32 Å². The number of aliphatic carboxylic acids is 1. The molecule has 1 aliphatic rings. The van der Waals surface area contributed by atoms with Gasteiger partial charge in [0.15, 0.2) is 0 Å². The molecule has 0 saturated heterocycles. The number of carbonyl (C=O) groups is 2. The second-order valence-corrected chi connectivity index (χ2v) is 4.84. The topological polar surface area (TPSA) is 71.3 Å². The van der Waals surface area contributed by atoms with Gasteiger partial charge >= 0.3 is 5.97 Å². The summed E-state index contributed by atoms with van der Waals surface area (Å²) in [6.07, 6.45) is 4.71. The molecule has 0 radical (unpaired) electrons. The molecule has 0 bridgehead atoms. The SMILES string of the molecule is CC(CCC(=O)O)NC(=O)c1cccn1C1CC1. The number of carbonyl (C=O) groups excluding carboxylic acids is 1. The summed E-state index contributed by atoms with van der Waals surface area (Å²) >= 11 is 0. The summed E-state index contributed by atoms with van der Waals surface area (Å²) in [5, 5.41) is 11.4. The molecular weight excluding hydrogens is 232 g/mol. The Kier molecular flexibility index (Phi) is 3.69. The van der Waals surface area contributed by atoms with E-state index < -0.39 is 5.97 Å². The summed E-state index contributed by atoms with van der Waals surface area (Å²) in [4.78, 5) is 22.5. The zero-order valence-electron chi connectivity index (χ0n) is 10.4. The second-order valence-electron chi connectivity index (χ2n) is 4.84. The Morgan fingerprint density at radius 3 is 2.89 bits per heavy atom. The molecule has 2 rings (SSSR count). The van der Waals surface area contributed by atoms with Crippen LogP contribution in [-0.2, 0) is 4.79 Å². The molecule has 5 heteroatoms. The first kappa shape index (κ1) is 12.7. The van der Waals surface area contributed by atoms with Crippen LogP contribution in [0.15, 0.2) is 18.3 Å². The molecule has 1 aromatic rings. The van der Waals surface area contributed by atoms with Gasteiger partial charge in [-0.05, 0) is 38.3 Å². The number of aromatic nitrogens is 1. The van der Waals surface area contributed by atoms with Crippen molar-refractivity contribution in [3.8, 4) is 0 Å². The van der Waals surface area contributed by atoms with Crippen LogP contribution in [0.1, 0.15) is 49.1 Å². The molecule has 1 atom stereocenters. The van der Waals surface area contributed by atoms with Gasteiger partial charge in [0.2, 0.25) is 0 Å². The standard InChI is InChI=1S/C13H18N2O3/c1-9(4-7-12(16)17)14-13(18)11-3-2-8-15(11)10-5-6-10/h2-3,8-10H,4-7H2,1H3,(H,14,18)(H,16,17). The first-order valence-corrected chi connectivity index (χ1v) is 6.27. The van der Waals surface area contributed by atoms with Crippen molar-refractivity contribution in [2.45, 2.75) is 44.7 Å². The van der Waals surface area contributed by atoms with Crippen molar-refractivity contribution in [3.63, 3.8) is 0 Å². The van der Waals surface area contributed by atoms with Crippen molar-refractivity contribution >= 4 is 11.9 Å². The van der Waals surface area contributed by atoms with E-state index in [4.69, 9.17) is 5.11 Å². The molecule has 2 N–H and O–H groups in total. The van der Waals surface area contributed by atoms with Gasteiger partial charge in [-0.15, -0.1) is 0 Å². The van der Waals surface area contributed by atoms with E-state index in [9.17, 15) is 9.59 Å². The van der Waals surface area contributed by atoms with E-state index in [0.717, 1.165) is 12.8 Å². The molecule has 5 nitrogen and oxygen atoms in total. The molecule has 1 aromatic heterocycles. The summed E-state index contributed by atoms with van der Waals surface area (Å²) in [6.45, 7) is 1.82.